The molecule has 3 rings (SSSR count). The third-order valence-electron chi connectivity index (χ3n) is 4.39. The maximum atomic E-state index is 6.02. The second-order valence-electron chi connectivity index (χ2n) is 5.73. The highest BCUT2D eigenvalue weighted by molar-refractivity contribution is 9.10. The summed E-state index contributed by atoms with van der Waals surface area (Å²) in [5.41, 5.74) is 7.50. The molecule has 18 heavy (non-hydrogen) atoms. The Kier molecular flexibility index (Phi) is 3.37. The van der Waals surface area contributed by atoms with Gasteiger partial charge in [-0.15, -0.1) is 0 Å². The lowest BCUT2D eigenvalue weighted by Gasteiger charge is -2.42. The molecule has 0 bridgehead atoms. The van der Waals surface area contributed by atoms with Crippen molar-refractivity contribution >= 4 is 15.9 Å². The highest BCUT2D eigenvalue weighted by Gasteiger charge is 2.39. The average Bonchev–Trinajstić information content (AvgIpc) is 3.11. The summed E-state index contributed by atoms with van der Waals surface area (Å²) in [4.78, 5) is 0. The molecule has 2 nitrogen and oxygen atoms in total. The van der Waals surface area contributed by atoms with Crippen LogP contribution in [0.1, 0.15) is 37.7 Å². The van der Waals surface area contributed by atoms with Gasteiger partial charge in [-0.2, -0.15) is 0 Å². The van der Waals surface area contributed by atoms with E-state index in [2.05, 4.69) is 34.1 Å². The van der Waals surface area contributed by atoms with Gasteiger partial charge in [-0.1, -0.05) is 22.4 Å². The molecule has 0 heterocycles. The van der Waals surface area contributed by atoms with Gasteiger partial charge in [0.15, 0.2) is 0 Å². The fourth-order valence-electron chi connectivity index (χ4n) is 2.72. The van der Waals surface area contributed by atoms with Gasteiger partial charge in [-0.25, -0.2) is 0 Å². The molecule has 0 amide bonds. The molecular formula is C15H20BrNO. The lowest BCUT2D eigenvalue weighted by atomic mass is 9.64. The smallest absolute Gasteiger partial charge is 0.123 e. The highest BCUT2D eigenvalue weighted by atomic mass is 79.9. The van der Waals surface area contributed by atoms with Crippen LogP contribution in [0.3, 0.4) is 0 Å². The normalized spacial score (nSPS) is 21.4. The van der Waals surface area contributed by atoms with E-state index in [0.29, 0.717) is 0 Å². The molecule has 3 heteroatoms. The Morgan fingerprint density at radius 3 is 2.67 bits per heavy atom. The monoisotopic (exact) mass is 309 g/mol. The van der Waals surface area contributed by atoms with Gasteiger partial charge in [0.25, 0.3) is 0 Å². The lowest BCUT2D eigenvalue weighted by molar-refractivity contribution is 0.231. The van der Waals surface area contributed by atoms with E-state index in [1.807, 2.05) is 0 Å². The summed E-state index contributed by atoms with van der Waals surface area (Å²) in [7, 11) is 0. The molecule has 0 spiro atoms. The fraction of sp³-hybridized carbons (Fsp3) is 0.600. The Balaban J connectivity index is 1.86. The van der Waals surface area contributed by atoms with Crippen molar-refractivity contribution in [3.8, 4) is 5.75 Å². The second-order valence-corrected chi connectivity index (χ2v) is 6.65. The van der Waals surface area contributed by atoms with Crippen LogP contribution in [-0.4, -0.2) is 13.2 Å². The quantitative estimate of drug-likeness (QED) is 0.901. The number of nitrogens with two attached hydrogens (primary N) is 1. The Hall–Kier alpha value is -0.540. The Bertz CT molecular complexity index is 433. The van der Waals surface area contributed by atoms with E-state index in [9.17, 15) is 0 Å². The summed E-state index contributed by atoms with van der Waals surface area (Å²) in [5.74, 6) is 1.84. The molecule has 2 fully saturated rings. The van der Waals surface area contributed by atoms with Gasteiger partial charge >= 0.3 is 0 Å². The van der Waals surface area contributed by atoms with Gasteiger partial charge in [0.05, 0.1) is 6.61 Å². The largest absolute Gasteiger partial charge is 0.493 e. The Morgan fingerprint density at radius 2 is 2.11 bits per heavy atom. The highest BCUT2D eigenvalue weighted by Crippen LogP contribution is 2.47. The van der Waals surface area contributed by atoms with E-state index >= 15 is 0 Å². The SMILES string of the molecule is NCC1(c2cc(Br)ccc2OCC2CC2)CCC1. The number of hydrogen-bond acceptors (Lipinski definition) is 2. The predicted molar refractivity (Wildman–Crippen MR) is 76.9 cm³/mol. The Morgan fingerprint density at radius 1 is 1.33 bits per heavy atom. The van der Waals surface area contributed by atoms with Gasteiger partial charge in [-0.05, 0) is 49.8 Å². The van der Waals surface area contributed by atoms with Crippen molar-refractivity contribution in [1.29, 1.82) is 0 Å². The van der Waals surface area contributed by atoms with Crippen molar-refractivity contribution in [1.82, 2.24) is 0 Å². The summed E-state index contributed by atoms with van der Waals surface area (Å²) in [5, 5.41) is 0. The summed E-state index contributed by atoms with van der Waals surface area (Å²) in [6.45, 7) is 1.60. The first-order valence-corrected chi connectivity index (χ1v) is 7.66. The molecular weight excluding hydrogens is 290 g/mol. The van der Waals surface area contributed by atoms with Crippen LogP contribution in [0.15, 0.2) is 22.7 Å². The van der Waals surface area contributed by atoms with Crippen LogP contribution in [0.2, 0.25) is 0 Å². The number of benzene rings is 1. The summed E-state index contributed by atoms with van der Waals surface area (Å²) < 4.78 is 7.14. The lowest BCUT2D eigenvalue weighted by Crippen LogP contribution is -2.41. The number of rotatable bonds is 5. The zero-order valence-corrected chi connectivity index (χ0v) is 12.2. The minimum absolute atomic E-state index is 0.169. The first kappa shape index (κ1) is 12.5. The van der Waals surface area contributed by atoms with Crippen LogP contribution in [0.4, 0.5) is 0 Å². The van der Waals surface area contributed by atoms with Crippen LogP contribution in [0.25, 0.3) is 0 Å². The zero-order valence-electron chi connectivity index (χ0n) is 10.6. The minimum atomic E-state index is 0.169. The van der Waals surface area contributed by atoms with Gasteiger partial charge in [0, 0.05) is 22.0 Å². The van der Waals surface area contributed by atoms with Crippen LogP contribution in [0.5, 0.6) is 5.75 Å². The van der Waals surface area contributed by atoms with Crippen molar-refractivity contribution in [3.05, 3.63) is 28.2 Å². The first-order chi connectivity index (χ1) is 8.73. The Labute approximate surface area is 117 Å². The summed E-state index contributed by atoms with van der Waals surface area (Å²) in [6.07, 6.45) is 6.33. The van der Waals surface area contributed by atoms with Crippen molar-refractivity contribution in [2.75, 3.05) is 13.2 Å². The molecule has 1 aromatic carbocycles. The second kappa shape index (κ2) is 4.86. The molecule has 2 aliphatic carbocycles. The molecule has 0 aliphatic heterocycles. The number of hydrogen-bond donors (Lipinski definition) is 1. The van der Waals surface area contributed by atoms with Crippen molar-refractivity contribution in [2.45, 2.75) is 37.5 Å². The predicted octanol–water partition coefficient (Wildman–Crippen LogP) is 3.62. The standard InChI is InChI=1S/C15H20BrNO/c16-12-4-5-14(18-9-11-2-3-11)13(8-12)15(10-17)6-1-7-15/h4-5,8,11H,1-3,6-7,9-10,17H2. The van der Waals surface area contributed by atoms with E-state index in [1.54, 1.807) is 0 Å². The average molecular weight is 310 g/mol. The summed E-state index contributed by atoms with van der Waals surface area (Å²) >= 11 is 3.57. The van der Waals surface area contributed by atoms with Gasteiger partial charge in [0.2, 0.25) is 0 Å². The van der Waals surface area contributed by atoms with E-state index < -0.39 is 0 Å². The van der Waals surface area contributed by atoms with Crippen molar-refractivity contribution < 1.29 is 4.74 Å². The van der Waals surface area contributed by atoms with E-state index in [4.69, 9.17) is 10.5 Å². The summed E-state index contributed by atoms with van der Waals surface area (Å²) in [6, 6.07) is 6.36. The van der Waals surface area contributed by atoms with Crippen molar-refractivity contribution in [3.63, 3.8) is 0 Å². The van der Waals surface area contributed by atoms with Gasteiger partial charge in [-0.3, -0.25) is 0 Å². The van der Waals surface area contributed by atoms with E-state index in [1.165, 1.54) is 37.7 Å². The zero-order chi connectivity index (χ0) is 12.6. The van der Waals surface area contributed by atoms with E-state index in [0.717, 1.165) is 29.3 Å². The molecule has 0 radical (unpaired) electrons. The molecule has 2 saturated carbocycles. The molecule has 0 unspecified atom stereocenters. The molecule has 2 N–H and O–H groups in total. The number of ether oxygens (including phenoxy) is 1. The van der Waals surface area contributed by atoms with Crippen LogP contribution in [0, 0.1) is 5.92 Å². The minimum Gasteiger partial charge on any atom is -0.493 e. The maximum Gasteiger partial charge on any atom is 0.123 e. The number of halogens is 1. The van der Waals surface area contributed by atoms with Crippen molar-refractivity contribution in [2.24, 2.45) is 11.7 Å². The third-order valence-corrected chi connectivity index (χ3v) is 4.88. The molecule has 2 aliphatic rings. The van der Waals surface area contributed by atoms with Crippen LogP contribution in [-0.2, 0) is 5.41 Å². The maximum absolute atomic E-state index is 6.02. The van der Waals surface area contributed by atoms with Gasteiger partial charge in [0.1, 0.15) is 5.75 Å². The topological polar surface area (TPSA) is 35.2 Å². The molecule has 98 valence electrons. The van der Waals surface area contributed by atoms with E-state index in [-0.39, 0.29) is 5.41 Å². The van der Waals surface area contributed by atoms with Crippen LogP contribution < -0.4 is 10.5 Å². The molecule has 0 atom stereocenters. The molecule has 0 saturated heterocycles. The van der Waals surface area contributed by atoms with Gasteiger partial charge < -0.3 is 10.5 Å². The molecule has 1 aromatic rings. The third kappa shape index (κ3) is 2.30. The first-order valence-electron chi connectivity index (χ1n) is 6.86. The van der Waals surface area contributed by atoms with Crippen LogP contribution >= 0.6 is 15.9 Å². The molecule has 0 aromatic heterocycles. The fourth-order valence-corrected chi connectivity index (χ4v) is 3.08.